The summed E-state index contributed by atoms with van der Waals surface area (Å²) >= 11 is 0. The lowest BCUT2D eigenvalue weighted by Crippen LogP contribution is -2.63. The maximum atomic E-state index is 7.03. The summed E-state index contributed by atoms with van der Waals surface area (Å²) in [5.41, 5.74) is 20.2. The Morgan fingerprint density at radius 2 is 0.753 bits per heavy atom. The molecule has 0 aliphatic heterocycles. The number of fused-ring (bicyclic) bond motifs is 16. The van der Waals surface area contributed by atoms with Gasteiger partial charge >= 0.3 is 0 Å². The van der Waals surface area contributed by atoms with Crippen molar-refractivity contribution in [2.75, 3.05) is 9.80 Å². The van der Waals surface area contributed by atoms with Crippen molar-refractivity contribution in [3.63, 3.8) is 0 Å². The Hall–Kier alpha value is -9.73. The molecular weight excluding hydrogens is 1070 g/mol. The van der Waals surface area contributed by atoms with E-state index in [1.54, 1.807) is 0 Å². The Kier molecular flexibility index (Phi) is 11.5. The highest BCUT2D eigenvalue weighted by Gasteiger charge is 2.61. The van der Waals surface area contributed by atoms with Gasteiger partial charge in [-0.25, -0.2) is 0 Å². The first kappa shape index (κ1) is 51.0. The number of anilines is 6. The van der Waals surface area contributed by atoms with Gasteiger partial charge in [0.05, 0.1) is 38.9 Å². The van der Waals surface area contributed by atoms with E-state index in [2.05, 4.69) is 316 Å². The van der Waals surface area contributed by atoms with E-state index in [1.807, 2.05) is 0 Å². The van der Waals surface area contributed by atoms with Gasteiger partial charge < -0.3 is 18.6 Å². The van der Waals surface area contributed by atoms with Crippen LogP contribution in [0.5, 0.6) is 0 Å². The zero-order valence-corrected chi connectivity index (χ0v) is 50.6. The van der Waals surface area contributed by atoms with Crippen LogP contribution in [0.25, 0.3) is 110 Å². The predicted molar refractivity (Wildman–Crippen MR) is 367 cm³/mol. The van der Waals surface area contributed by atoms with Crippen LogP contribution in [-0.4, -0.2) is 16.1 Å². The molecule has 0 saturated carbocycles. The van der Waals surface area contributed by atoms with Gasteiger partial charge in [-0.15, -0.1) is 0 Å². The number of furan rings is 2. The molecule has 0 saturated heterocycles. The van der Waals surface area contributed by atoms with Gasteiger partial charge in [-0.3, -0.25) is 0 Å². The average molecular weight is 1130 g/mol. The molecule has 0 bridgehead atoms. The zero-order chi connectivity index (χ0) is 57.3. The summed E-state index contributed by atoms with van der Waals surface area (Å²) in [5.74, 6) is 0. The molecule has 0 atom stereocenters. The van der Waals surface area contributed by atoms with Crippen LogP contribution < -0.4 is 9.80 Å². The van der Waals surface area contributed by atoms with E-state index >= 15 is 0 Å². The standard InChI is InChI=1S/C79H62N2O2Si2/c1-84(2,3)79(85(4,5)6)67-50-71(81(54-31-23-30-53(48-54)51-26-9-7-10-27-51)70-43-25-40-65-60-36-19-22-45-73(60)83-78(65)70)58-34-14-16-38-62(58)74(67)75-61-37-15-13-33-57(61)66-49-55(46-47-63(66)76(75)79)80(68-41-20-17-32-56(68)52-28-11-8-12-29-52)69-42-24-39-64-59-35-18-21-44-72(59)82-77(64)69/h7-50H,1-6H3. The molecule has 85 heavy (non-hydrogen) atoms. The molecule has 0 spiro atoms. The van der Waals surface area contributed by atoms with Crippen LogP contribution in [-0.2, 0) is 4.66 Å². The third-order valence-corrected chi connectivity index (χ3v) is 28.5. The van der Waals surface area contributed by atoms with Crippen LogP contribution >= 0.6 is 0 Å². The minimum absolute atomic E-state index is 0.282. The molecule has 0 unspecified atom stereocenters. The molecule has 1 aliphatic rings. The molecule has 0 amide bonds. The summed E-state index contributed by atoms with van der Waals surface area (Å²) in [5, 5.41) is 12.0. The molecule has 13 aromatic carbocycles. The first-order valence-corrected chi connectivity index (χ1v) is 36.7. The van der Waals surface area contributed by atoms with Gasteiger partial charge in [0.15, 0.2) is 11.2 Å². The number of rotatable bonds is 10. The maximum absolute atomic E-state index is 7.03. The van der Waals surface area contributed by atoms with Gasteiger partial charge in [0.1, 0.15) is 11.2 Å². The molecule has 2 aromatic heterocycles. The molecule has 0 radical (unpaired) electrons. The van der Waals surface area contributed by atoms with E-state index in [9.17, 15) is 0 Å². The summed E-state index contributed by atoms with van der Waals surface area (Å²) in [4.78, 5) is 4.98. The minimum atomic E-state index is -2.37. The van der Waals surface area contributed by atoms with Crippen LogP contribution in [0.3, 0.4) is 0 Å². The smallest absolute Gasteiger partial charge is 0.159 e. The van der Waals surface area contributed by atoms with Crippen molar-refractivity contribution in [2.24, 2.45) is 0 Å². The number of benzene rings is 13. The van der Waals surface area contributed by atoms with Crippen molar-refractivity contribution in [2.45, 2.75) is 43.9 Å². The molecule has 4 nitrogen and oxygen atoms in total. The third kappa shape index (κ3) is 7.58. The van der Waals surface area contributed by atoms with E-state index in [4.69, 9.17) is 8.83 Å². The lowest BCUT2D eigenvalue weighted by Gasteiger charge is -2.52. The number of para-hydroxylation sites is 5. The van der Waals surface area contributed by atoms with Crippen molar-refractivity contribution >= 4 is 126 Å². The molecule has 0 N–H and O–H groups in total. The number of hydrogen-bond donors (Lipinski definition) is 0. The third-order valence-electron chi connectivity index (χ3n) is 18.5. The molecule has 1 aliphatic carbocycles. The Morgan fingerprint density at radius 1 is 0.294 bits per heavy atom. The lowest BCUT2D eigenvalue weighted by molar-refractivity contribution is 0.668. The van der Waals surface area contributed by atoms with Crippen LogP contribution in [0.4, 0.5) is 34.1 Å². The first-order chi connectivity index (χ1) is 41.5. The number of hydrogen-bond acceptors (Lipinski definition) is 4. The highest BCUT2D eigenvalue weighted by Crippen LogP contribution is 2.65. The predicted octanol–water partition coefficient (Wildman–Crippen LogP) is 23.2. The fourth-order valence-corrected chi connectivity index (χ4v) is 28.5. The second-order valence-electron chi connectivity index (χ2n) is 25.1. The van der Waals surface area contributed by atoms with Crippen molar-refractivity contribution < 1.29 is 8.83 Å². The highest BCUT2D eigenvalue weighted by molar-refractivity contribution is 7.00. The minimum Gasteiger partial charge on any atom is -0.454 e. The Morgan fingerprint density at radius 3 is 1.38 bits per heavy atom. The quantitative estimate of drug-likeness (QED) is 0.101. The van der Waals surface area contributed by atoms with Gasteiger partial charge in [0, 0.05) is 48.5 Å². The Balaban J connectivity index is 1.01. The molecule has 6 heteroatoms. The number of nitrogens with zero attached hydrogens (tertiary/aromatic N) is 2. The van der Waals surface area contributed by atoms with E-state index < -0.39 is 16.1 Å². The van der Waals surface area contributed by atoms with E-state index in [1.165, 1.54) is 60.1 Å². The maximum Gasteiger partial charge on any atom is 0.159 e. The molecule has 0 fully saturated rings. The van der Waals surface area contributed by atoms with E-state index in [0.29, 0.717) is 0 Å². The van der Waals surface area contributed by atoms with Crippen molar-refractivity contribution in [1.82, 2.24) is 0 Å². The van der Waals surface area contributed by atoms with Gasteiger partial charge in [0.2, 0.25) is 0 Å². The van der Waals surface area contributed by atoms with E-state index in [-0.39, 0.29) is 4.66 Å². The molecule has 408 valence electrons. The highest BCUT2D eigenvalue weighted by atomic mass is 28.4. The lowest BCUT2D eigenvalue weighted by atomic mass is 9.89. The molecule has 15 aromatic rings. The van der Waals surface area contributed by atoms with Gasteiger partial charge in [-0.05, 0) is 127 Å². The van der Waals surface area contributed by atoms with Gasteiger partial charge in [0.25, 0.3) is 0 Å². The van der Waals surface area contributed by atoms with Crippen LogP contribution in [0.2, 0.25) is 39.3 Å². The van der Waals surface area contributed by atoms with Crippen LogP contribution in [0.15, 0.2) is 276 Å². The van der Waals surface area contributed by atoms with Gasteiger partial charge in [-0.2, -0.15) is 0 Å². The van der Waals surface area contributed by atoms with Crippen molar-refractivity contribution in [3.05, 3.63) is 278 Å². The normalized spacial score (nSPS) is 13.2. The van der Waals surface area contributed by atoms with Gasteiger partial charge in [-0.1, -0.05) is 246 Å². The molecule has 2 heterocycles. The molecular formula is C79H62N2O2Si2. The average Bonchev–Trinajstić information content (AvgIpc) is 1.54. The summed E-state index contributed by atoms with van der Waals surface area (Å²) in [7, 11) is -4.74. The van der Waals surface area contributed by atoms with Crippen LogP contribution in [0, 0.1) is 0 Å². The Bertz CT molecular complexity index is 5170. The van der Waals surface area contributed by atoms with Crippen molar-refractivity contribution in [1.29, 1.82) is 0 Å². The zero-order valence-electron chi connectivity index (χ0n) is 48.6. The van der Waals surface area contributed by atoms with Crippen LogP contribution in [0.1, 0.15) is 11.1 Å². The summed E-state index contributed by atoms with van der Waals surface area (Å²) in [6, 6.07) is 98.3. The Labute approximate surface area is 497 Å². The fourth-order valence-electron chi connectivity index (χ4n) is 15.5. The topological polar surface area (TPSA) is 32.8 Å². The summed E-state index contributed by atoms with van der Waals surface area (Å²) < 4.78 is 13.7. The second-order valence-corrected chi connectivity index (χ2v) is 36.1. The largest absolute Gasteiger partial charge is 0.454 e. The van der Waals surface area contributed by atoms with Crippen molar-refractivity contribution in [3.8, 4) is 33.4 Å². The summed E-state index contributed by atoms with van der Waals surface area (Å²) in [6.07, 6.45) is 0. The molecule has 16 rings (SSSR count). The monoisotopic (exact) mass is 1130 g/mol. The van der Waals surface area contributed by atoms with E-state index in [0.717, 1.165) is 94.7 Å². The first-order valence-electron chi connectivity index (χ1n) is 29.7. The summed E-state index contributed by atoms with van der Waals surface area (Å²) in [6.45, 7) is 15.9. The second kappa shape index (κ2) is 19.2. The fraction of sp³-hybridized carbons (Fsp3) is 0.0886. The SMILES string of the molecule is C[Si](C)(C)C1([Si](C)(C)C)c2cc(N(c3cccc(-c4ccccc4)c3)c3cccc4c3oc3ccccc34)c3ccccc3c2-c2c1c1ccc(N(c3ccccc3-c3ccccc3)c3cccc4c3oc3ccccc34)cc1c1ccccc21.